The van der Waals surface area contributed by atoms with Crippen molar-refractivity contribution in [2.45, 2.75) is 6.92 Å². The van der Waals surface area contributed by atoms with E-state index >= 15 is 0 Å². The van der Waals surface area contributed by atoms with Crippen molar-refractivity contribution in [2.24, 2.45) is 0 Å². The summed E-state index contributed by atoms with van der Waals surface area (Å²) in [6, 6.07) is 15.2. The summed E-state index contributed by atoms with van der Waals surface area (Å²) in [5, 5.41) is 0. The molecule has 0 bridgehead atoms. The highest BCUT2D eigenvalue weighted by Crippen LogP contribution is 2.20. The van der Waals surface area contributed by atoms with Gasteiger partial charge in [0.15, 0.2) is 0 Å². The fourth-order valence-electron chi connectivity index (χ4n) is 2.23. The number of fused-ring (bicyclic) bond motifs is 1. The molecule has 0 unspecified atom stereocenters. The second kappa shape index (κ2) is 6.26. The molecule has 0 saturated carbocycles. The molecule has 0 aliphatic rings. The molecule has 22 heavy (non-hydrogen) atoms. The summed E-state index contributed by atoms with van der Waals surface area (Å²) >= 11 is 0. The maximum Gasteiger partial charge on any atom is 0.274 e. The first-order valence-corrected chi connectivity index (χ1v) is 7.17. The number of rotatable bonds is 4. The van der Waals surface area contributed by atoms with E-state index in [0.29, 0.717) is 12.3 Å². The van der Waals surface area contributed by atoms with Gasteiger partial charge in [-0.2, -0.15) is 0 Å². The van der Waals surface area contributed by atoms with Crippen LogP contribution in [0.15, 0.2) is 53.3 Å². The van der Waals surface area contributed by atoms with Crippen molar-refractivity contribution in [2.75, 3.05) is 6.61 Å². The summed E-state index contributed by atoms with van der Waals surface area (Å²) in [7, 11) is 0. The number of aromatic nitrogens is 2. The molecule has 0 aliphatic heterocycles. The quantitative estimate of drug-likeness (QED) is 0.800. The summed E-state index contributed by atoms with van der Waals surface area (Å²) in [5.41, 5.74) is 2.59. The number of benzene rings is 2. The van der Waals surface area contributed by atoms with Gasteiger partial charge in [0.05, 0.1) is 17.6 Å². The molecule has 3 rings (SSSR count). The van der Waals surface area contributed by atoms with Crippen LogP contribution in [0.3, 0.4) is 0 Å². The molecule has 110 valence electrons. The topological polar surface area (TPSA) is 55.0 Å². The van der Waals surface area contributed by atoms with Crippen molar-refractivity contribution in [3.05, 3.63) is 70.1 Å². The molecule has 0 fully saturated rings. The van der Waals surface area contributed by atoms with Gasteiger partial charge < -0.3 is 9.72 Å². The minimum absolute atomic E-state index is 0.205. The van der Waals surface area contributed by atoms with E-state index in [1.165, 1.54) is 0 Å². The molecular weight excluding hydrogens is 276 g/mol. The highest BCUT2D eigenvalue weighted by atomic mass is 16.5. The lowest BCUT2D eigenvalue weighted by molar-refractivity contribution is 0.339. The molecule has 0 atom stereocenters. The maximum absolute atomic E-state index is 12.1. The fourth-order valence-corrected chi connectivity index (χ4v) is 2.23. The highest BCUT2D eigenvalue weighted by Gasteiger charge is 2.02. The van der Waals surface area contributed by atoms with Crippen LogP contribution in [0.1, 0.15) is 18.2 Å². The number of ether oxygens (including phenoxy) is 1. The van der Waals surface area contributed by atoms with Gasteiger partial charge in [-0.25, -0.2) is 4.98 Å². The van der Waals surface area contributed by atoms with Crippen LogP contribution in [0.25, 0.3) is 23.2 Å². The number of nitrogens with zero attached hydrogens (tertiary/aromatic N) is 1. The Morgan fingerprint density at radius 3 is 2.73 bits per heavy atom. The second-order valence-electron chi connectivity index (χ2n) is 4.77. The zero-order valence-corrected chi connectivity index (χ0v) is 12.2. The molecule has 0 spiro atoms. The Morgan fingerprint density at radius 2 is 1.86 bits per heavy atom. The molecule has 2 aromatic carbocycles. The van der Waals surface area contributed by atoms with Crippen molar-refractivity contribution < 1.29 is 4.74 Å². The standard InChI is InChI=1S/C18H16N2O2/c1-2-22-17-10-6-3-7-13(17)11-12-16-18(21)20-15-9-5-4-8-14(15)19-16/h3-12H,2H2,1H3,(H,20,21)/b12-11+. The van der Waals surface area contributed by atoms with E-state index in [1.807, 2.05) is 61.5 Å². The van der Waals surface area contributed by atoms with Gasteiger partial charge in [0, 0.05) is 5.56 Å². The molecule has 4 nitrogen and oxygen atoms in total. The van der Waals surface area contributed by atoms with Crippen molar-refractivity contribution in [3.63, 3.8) is 0 Å². The van der Waals surface area contributed by atoms with Crippen LogP contribution < -0.4 is 10.3 Å². The Balaban J connectivity index is 1.99. The van der Waals surface area contributed by atoms with Crippen LogP contribution in [0.4, 0.5) is 0 Å². The van der Waals surface area contributed by atoms with E-state index in [4.69, 9.17) is 4.74 Å². The normalized spacial score (nSPS) is 11.1. The third-order valence-corrected chi connectivity index (χ3v) is 3.27. The molecule has 3 aromatic rings. The van der Waals surface area contributed by atoms with Crippen LogP contribution in [-0.2, 0) is 0 Å². The average Bonchev–Trinajstić information content (AvgIpc) is 2.54. The minimum Gasteiger partial charge on any atom is -0.493 e. The lowest BCUT2D eigenvalue weighted by atomic mass is 10.1. The van der Waals surface area contributed by atoms with Gasteiger partial charge >= 0.3 is 0 Å². The predicted octanol–water partition coefficient (Wildman–Crippen LogP) is 3.49. The molecule has 0 aliphatic carbocycles. The zero-order valence-electron chi connectivity index (χ0n) is 12.2. The molecule has 1 heterocycles. The fraction of sp³-hybridized carbons (Fsp3) is 0.111. The van der Waals surface area contributed by atoms with E-state index in [1.54, 1.807) is 6.08 Å². The Hall–Kier alpha value is -2.88. The van der Waals surface area contributed by atoms with Crippen molar-refractivity contribution in [3.8, 4) is 5.75 Å². The van der Waals surface area contributed by atoms with Crippen LogP contribution in [0.5, 0.6) is 5.75 Å². The van der Waals surface area contributed by atoms with Crippen LogP contribution in [-0.4, -0.2) is 16.6 Å². The summed E-state index contributed by atoms with van der Waals surface area (Å²) in [6.07, 6.45) is 3.56. The number of nitrogens with one attached hydrogen (secondary N) is 1. The lowest BCUT2D eigenvalue weighted by Crippen LogP contribution is -2.11. The van der Waals surface area contributed by atoms with Gasteiger partial charge in [-0.3, -0.25) is 4.79 Å². The van der Waals surface area contributed by atoms with E-state index in [9.17, 15) is 4.79 Å². The number of aromatic amines is 1. The van der Waals surface area contributed by atoms with Crippen molar-refractivity contribution in [1.82, 2.24) is 9.97 Å². The van der Waals surface area contributed by atoms with Crippen LogP contribution in [0, 0.1) is 0 Å². The Bertz CT molecular complexity index is 881. The Labute approximate surface area is 128 Å². The number of para-hydroxylation sites is 3. The van der Waals surface area contributed by atoms with Crippen molar-refractivity contribution in [1.29, 1.82) is 0 Å². The number of H-pyrrole nitrogens is 1. The predicted molar refractivity (Wildman–Crippen MR) is 88.9 cm³/mol. The van der Waals surface area contributed by atoms with Gasteiger partial charge in [-0.15, -0.1) is 0 Å². The zero-order chi connectivity index (χ0) is 15.4. The monoisotopic (exact) mass is 292 g/mol. The van der Waals surface area contributed by atoms with Crippen molar-refractivity contribution >= 4 is 23.2 Å². The summed E-state index contributed by atoms with van der Waals surface area (Å²) in [4.78, 5) is 19.3. The second-order valence-corrected chi connectivity index (χ2v) is 4.77. The minimum atomic E-state index is -0.205. The third kappa shape index (κ3) is 2.91. The highest BCUT2D eigenvalue weighted by molar-refractivity contribution is 5.77. The first-order valence-electron chi connectivity index (χ1n) is 7.17. The van der Waals surface area contributed by atoms with E-state index in [0.717, 1.165) is 22.3 Å². The Kier molecular flexibility index (Phi) is 4.01. The first kappa shape index (κ1) is 14.1. The average molecular weight is 292 g/mol. The molecule has 1 aromatic heterocycles. The van der Waals surface area contributed by atoms with Crippen LogP contribution in [0.2, 0.25) is 0 Å². The first-order chi connectivity index (χ1) is 10.8. The molecule has 0 saturated heterocycles. The SMILES string of the molecule is CCOc1ccccc1/C=C/c1nc2ccccc2[nH]c1=O. The molecular formula is C18H16N2O2. The van der Waals surface area contributed by atoms with Crippen LogP contribution >= 0.6 is 0 Å². The van der Waals surface area contributed by atoms with E-state index in [2.05, 4.69) is 9.97 Å². The molecule has 1 N–H and O–H groups in total. The molecule has 0 amide bonds. The van der Waals surface area contributed by atoms with Gasteiger partial charge in [-0.1, -0.05) is 30.3 Å². The summed E-state index contributed by atoms with van der Waals surface area (Å²) in [5.74, 6) is 0.790. The van der Waals surface area contributed by atoms with E-state index < -0.39 is 0 Å². The Morgan fingerprint density at radius 1 is 1.09 bits per heavy atom. The maximum atomic E-state index is 12.1. The molecule has 4 heteroatoms. The van der Waals surface area contributed by atoms with Gasteiger partial charge in [-0.05, 0) is 37.3 Å². The summed E-state index contributed by atoms with van der Waals surface area (Å²) in [6.45, 7) is 2.54. The molecule has 0 radical (unpaired) electrons. The van der Waals surface area contributed by atoms with Gasteiger partial charge in [0.2, 0.25) is 0 Å². The van der Waals surface area contributed by atoms with Gasteiger partial charge in [0.25, 0.3) is 5.56 Å². The van der Waals surface area contributed by atoms with Gasteiger partial charge in [0.1, 0.15) is 11.4 Å². The number of hydrogen-bond donors (Lipinski definition) is 1. The largest absolute Gasteiger partial charge is 0.493 e. The number of hydrogen-bond acceptors (Lipinski definition) is 3. The lowest BCUT2D eigenvalue weighted by Gasteiger charge is -2.06. The smallest absolute Gasteiger partial charge is 0.274 e. The summed E-state index contributed by atoms with van der Waals surface area (Å²) < 4.78 is 5.57. The third-order valence-electron chi connectivity index (χ3n) is 3.27. The van der Waals surface area contributed by atoms with E-state index in [-0.39, 0.29) is 5.56 Å².